The van der Waals surface area contributed by atoms with Gasteiger partial charge in [-0.1, -0.05) is 48.9 Å². The van der Waals surface area contributed by atoms with Crippen LogP contribution in [-0.2, 0) is 16.1 Å². The average molecular weight is 367 g/mol. The molecule has 3 atom stereocenters. The Kier molecular flexibility index (Phi) is 6.33. The van der Waals surface area contributed by atoms with Gasteiger partial charge in [0.25, 0.3) is 0 Å². The van der Waals surface area contributed by atoms with E-state index in [1.165, 1.54) is 0 Å². The molecule has 1 aromatic carbocycles. The number of allylic oxidation sites excluding steroid dienone is 5. The van der Waals surface area contributed by atoms with Gasteiger partial charge >= 0.3 is 0 Å². The minimum absolute atomic E-state index is 0.165. The number of rotatable bonds is 4. The summed E-state index contributed by atoms with van der Waals surface area (Å²) >= 11 is 0. The molecule has 3 heteroatoms. The molecule has 1 saturated carbocycles. The van der Waals surface area contributed by atoms with Crippen molar-refractivity contribution in [3.8, 4) is 5.75 Å². The van der Waals surface area contributed by atoms with Crippen molar-refractivity contribution in [2.45, 2.75) is 52.2 Å². The molecule has 0 radical (unpaired) electrons. The highest BCUT2D eigenvalue weighted by Gasteiger charge is 2.43. The van der Waals surface area contributed by atoms with Crippen molar-refractivity contribution in [3.63, 3.8) is 0 Å². The summed E-state index contributed by atoms with van der Waals surface area (Å²) in [6.45, 7) is 5.02. The highest BCUT2D eigenvalue weighted by Crippen LogP contribution is 2.48. The largest absolute Gasteiger partial charge is 0.497 e. The van der Waals surface area contributed by atoms with E-state index in [9.17, 15) is 4.79 Å². The predicted octanol–water partition coefficient (Wildman–Crippen LogP) is 5.42. The van der Waals surface area contributed by atoms with Gasteiger partial charge in [-0.25, -0.2) is 0 Å². The molecular weight excluding hydrogens is 336 g/mol. The summed E-state index contributed by atoms with van der Waals surface area (Å²) in [6, 6.07) is 8.06. The first-order valence-corrected chi connectivity index (χ1v) is 9.78. The first-order valence-electron chi connectivity index (χ1n) is 9.78. The lowest BCUT2D eigenvalue weighted by molar-refractivity contribution is -0.114. The fraction of sp³-hybridized carbons (Fsp3) is 0.458. The third kappa shape index (κ3) is 4.98. The summed E-state index contributed by atoms with van der Waals surface area (Å²) in [5.41, 5.74) is 2.49. The Morgan fingerprint density at radius 2 is 1.96 bits per heavy atom. The van der Waals surface area contributed by atoms with E-state index in [4.69, 9.17) is 9.47 Å². The fourth-order valence-corrected chi connectivity index (χ4v) is 4.13. The second-order valence-electron chi connectivity index (χ2n) is 8.06. The van der Waals surface area contributed by atoms with Crippen LogP contribution in [0.2, 0.25) is 0 Å². The number of carbonyl (C=O) groups is 1. The Morgan fingerprint density at radius 1 is 1.19 bits per heavy atom. The summed E-state index contributed by atoms with van der Waals surface area (Å²) in [5.74, 6) is 1.37. The van der Waals surface area contributed by atoms with Gasteiger partial charge in [0.1, 0.15) is 5.75 Å². The first kappa shape index (κ1) is 19.6. The zero-order chi connectivity index (χ0) is 19.3. The number of ether oxygens (including phenoxy) is 2. The normalized spacial score (nSPS) is 32.7. The van der Waals surface area contributed by atoms with Crippen molar-refractivity contribution in [1.82, 2.24) is 0 Å². The number of hydrogen-bond donors (Lipinski definition) is 0. The molecular formula is C24H30O3. The Labute approximate surface area is 162 Å². The SMILES string of the molecule is COc1ccc(CO[C@@H]2CC[C@@]3(C)C/C=C(/C)CC(=O)/C=C/C=C/[C@H]23)cc1. The van der Waals surface area contributed by atoms with Crippen molar-refractivity contribution >= 4 is 5.78 Å². The number of benzene rings is 1. The van der Waals surface area contributed by atoms with Crippen LogP contribution in [-0.4, -0.2) is 19.0 Å². The van der Waals surface area contributed by atoms with E-state index in [2.05, 4.69) is 38.1 Å². The molecule has 3 rings (SSSR count). The molecule has 0 saturated heterocycles. The zero-order valence-corrected chi connectivity index (χ0v) is 16.6. The van der Waals surface area contributed by atoms with Crippen LogP contribution in [0.4, 0.5) is 0 Å². The Morgan fingerprint density at radius 3 is 2.70 bits per heavy atom. The van der Waals surface area contributed by atoms with Crippen LogP contribution < -0.4 is 4.74 Å². The lowest BCUT2D eigenvalue weighted by Crippen LogP contribution is -2.27. The van der Waals surface area contributed by atoms with Gasteiger partial charge < -0.3 is 9.47 Å². The minimum atomic E-state index is 0.165. The number of fused-ring (bicyclic) bond motifs is 1. The number of carbonyl (C=O) groups excluding carboxylic acids is 1. The van der Waals surface area contributed by atoms with Crippen LogP contribution >= 0.6 is 0 Å². The molecule has 0 amide bonds. The summed E-state index contributed by atoms with van der Waals surface area (Å²) in [6.07, 6.45) is 14.0. The third-order valence-electron chi connectivity index (χ3n) is 5.91. The van der Waals surface area contributed by atoms with E-state index >= 15 is 0 Å². The molecule has 27 heavy (non-hydrogen) atoms. The van der Waals surface area contributed by atoms with Crippen molar-refractivity contribution in [2.24, 2.45) is 11.3 Å². The van der Waals surface area contributed by atoms with Crippen molar-refractivity contribution in [1.29, 1.82) is 0 Å². The van der Waals surface area contributed by atoms with Gasteiger partial charge in [-0.15, -0.1) is 0 Å². The molecule has 3 nitrogen and oxygen atoms in total. The molecule has 2 aliphatic rings. The van der Waals surface area contributed by atoms with Crippen molar-refractivity contribution in [2.75, 3.05) is 7.11 Å². The standard InChI is InChI=1S/C24H30O3/c1-18-12-14-24(2)15-13-23(22(24)7-5-4-6-20(25)16-18)27-17-19-8-10-21(26-3)11-9-19/h4-12,22-23H,13-17H2,1-3H3/b6-4+,7-5+,18-12-/t22-,23-,24-/m1/s1. The lowest BCUT2D eigenvalue weighted by Gasteiger charge is -2.31. The highest BCUT2D eigenvalue weighted by molar-refractivity contribution is 5.91. The number of methoxy groups -OCH3 is 1. The highest BCUT2D eigenvalue weighted by atomic mass is 16.5. The summed E-state index contributed by atoms with van der Waals surface area (Å²) in [7, 11) is 1.68. The number of ketones is 1. The second-order valence-corrected chi connectivity index (χ2v) is 8.06. The Bertz CT molecular complexity index is 741. The molecule has 0 unspecified atom stereocenters. The average Bonchev–Trinajstić information content (AvgIpc) is 2.97. The van der Waals surface area contributed by atoms with Crippen molar-refractivity contribution in [3.05, 3.63) is 65.8 Å². The summed E-state index contributed by atoms with van der Waals surface area (Å²) in [4.78, 5) is 11.9. The smallest absolute Gasteiger partial charge is 0.159 e. The fourth-order valence-electron chi connectivity index (χ4n) is 4.13. The van der Waals surface area contributed by atoms with Crippen LogP contribution in [0.1, 0.15) is 45.1 Å². The van der Waals surface area contributed by atoms with E-state index < -0.39 is 0 Å². The van der Waals surface area contributed by atoms with Crippen LogP contribution in [0.3, 0.4) is 0 Å². The molecule has 1 fully saturated rings. The maximum Gasteiger partial charge on any atom is 0.159 e. The van der Waals surface area contributed by atoms with Gasteiger partial charge in [0.05, 0.1) is 19.8 Å². The lowest BCUT2D eigenvalue weighted by atomic mass is 9.75. The van der Waals surface area contributed by atoms with Crippen LogP contribution in [0, 0.1) is 11.3 Å². The van der Waals surface area contributed by atoms with Crippen molar-refractivity contribution < 1.29 is 14.3 Å². The number of hydrogen-bond acceptors (Lipinski definition) is 3. The van der Waals surface area contributed by atoms with Gasteiger partial charge in [-0.05, 0) is 55.4 Å². The second kappa shape index (κ2) is 8.71. The molecule has 1 aromatic rings. The summed E-state index contributed by atoms with van der Waals surface area (Å²) < 4.78 is 11.6. The molecule has 0 spiro atoms. The Balaban J connectivity index is 1.73. The quantitative estimate of drug-likeness (QED) is 0.668. The predicted molar refractivity (Wildman–Crippen MR) is 109 cm³/mol. The van der Waals surface area contributed by atoms with Gasteiger partial charge in [0, 0.05) is 12.3 Å². The minimum Gasteiger partial charge on any atom is -0.497 e. The van der Waals surface area contributed by atoms with Gasteiger partial charge in [0.2, 0.25) is 0 Å². The van der Waals surface area contributed by atoms with E-state index in [0.29, 0.717) is 18.9 Å². The van der Waals surface area contributed by atoms with Crippen LogP contribution in [0.15, 0.2) is 60.2 Å². The Hall–Kier alpha value is -2.13. The van der Waals surface area contributed by atoms with Gasteiger partial charge in [-0.3, -0.25) is 4.79 Å². The third-order valence-corrected chi connectivity index (χ3v) is 5.91. The van der Waals surface area contributed by atoms with Crippen LogP contribution in [0.5, 0.6) is 5.75 Å². The topological polar surface area (TPSA) is 35.5 Å². The monoisotopic (exact) mass is 366 g/mol. The molecule has 0 aliphatic heterocycles. The molecule has 0 aromatic heterocycles. The molecule has 2 aliphatic carbocycles. The maximum atomic E-state index is 11.9. The van der Waals surface area contributed by atoms with E-state index in [-0.39, 0.29) is 17.3 Å². The molecule has 0 heterocycles. The summed E-state index contributed by atoms with van der Waals surface area (Å²) in [5, 5.41) is 0. The molecule has 0 N–H and O–H groups in total. The van der Waals surface area contributed by atoms with E-state index in [1.807, 2.05) is 24.3 Å². The van der Waals surface area contributed by atoms with Gasteiger partial charge in [0.15, 0.2) is 5.78 Å². The van der Waals surface area contributed by atoms with E-state index in [1.54, 1.807) is 13.2 Å². The zero-order valence-electron chi connectivity index (χ0n) is 16.6. The van der Waals surface area contributed by atoms with Gasteiger partial charge in [-0.2, -0.15) is 0 Å². The molecule has 144 valence electrons. The van der Waals surface area contributed by atoms with Crippen LogP contribution in [0.25, 0.3) is 0 Å². The van der Waals surface area contributed by atoms with E-state index in [0.717, 1.165) is 36.1 Å². The molecule has 0 bridgehead atoms. The first-order chi connectivity index (χ1) is 13.0. The maximum absolute atomic E-state index is 11.9.